The molecule has 0 spiro atoms. The highest BCUT2D eigenvalue weighted by molar-refractivity contribution is 8.03. The number of nitrogens with zero attached hydrogens (tertiary/aromatic N) is 1. The summed E-state index contributed by atoms with van der Waals surface area (Å²) in [6.07, 6.45) is 7.29. The fraction of sp³-hybridized carbons (Fsp3) is 0.727. The molecule has 2 N–H and O–H groups in total. The first-order valence-corrected chi connectivity index (χ1v) is 6.21. The molecular formula is C11H18N2S. The van der Waals surface area contributed by atoms with Gasteiger partial charge in [0.05, 0.1) is 16.7 Å². The number of hydrogen-bond acceptors (Lipinski definition) is 3. The Morgan fingerprint density at radius 1 is 1.50 bits per heavy atom. The van der Waals surface area contributed by atoms with Crippen molar-refractivity contribution in [2.45, 2.75) is 50.7 Å². The average molecular weight is 210 g/mol. The Kier molecular flexibility index (Phi) is 4.89. The molecule has 1 aliphatic rings. The van der Waals surface area contributed by atoms with E-state index >= 15 is 0 Å². The minimum absolute atomic E-state index is 0.571. The first kappa shape index (κ1) is 11.5. The number of hydrogen-bond donors (Lipinski definition) is 1. The zero-order chi connectivity index (χ0) is 10.4. The van der Waals surface area contributed by atoms with Gasteiger partial charge in [-0.3, -0.25) is 0 Å². The molecular weight excluding hydrogens is 192 g/mol. The SMILES string of the molecule is CCCCCCC1CC(C#N)=C(N)S1. The summed E-state index contributed by atoms with van der Waals surface area (Å²) in [7, 11) is 0. The van der Waals surface area contributed by atoms with Gasteiger partial charge in [-0.1, -0.05) is 32.6 Å². The lowest BCUT2D eigenvalue weighted by atomic mass is 10.1. The van der Waals surface area contributed by atoms with Gasteiger partial charge in [-0.25, -0.2) is 0 Å². The Hall–Kier alpha value is -0.620. The highest BCUT2D eigenvalue weighted by Crippen LogP contribution is 2.36. The van der Waals surface area contributed by atoms with Gasteiger partial charge in [0.2, 0.25) is 0 Å². The highest BCUT2D eigenvalue weighted by Gasteiger charge is 2.22. The monoisotopic (exact) mass is 210 g/mol. The second-order valence-corrected chi connectivity index (χ2v) is 5.09. The smallest absolute Gasteiger partial charge is 0.0974 e. The minimum Gasteiger partial charge on any atom is -0.393 e. The van der Waals surface area contributed by atoms with Crippen molar-refractivity contribution in [3.05, 3.63) is 10.6 Å². The lowest BCUT2D eigenvalue weighted by molar-refractivity contribution is 0.619. The van der Waals surface area contributed by atoms with Crippen molar-refractivity contribution >= 4 is 11.8 Å². The maximum absolute atomic E-state index is 8.76. The number of thioether (sulfide) groups is 1. The van der Waals surface area contributed by atoms with Crippen LogP contribution >= 0.6 is 11.8 Å². The summed E-state index contributed by atoms with van der Waals surface area (Å²) in [4.78, 5) is 0. The van der Waals surface area contributed by atoms with Crippen LogP contribution in [0.3, 0.4) is 0 Å². The average Bonchev–Trinajstić information content (AvgIpc) is 2.54. The summed E-state index contributed by atoms with van der Waals surface area (Å²) in [6, 6.07) is 2.18. The molecule has 0 amide bonds. The van der Waals surface area contributed by atoms with Gasteiger partial charge in [0.15, 0.2) is 0 Å². The molecule has 0 saturated heterocycles. The number of nitriles is 1. The molecule has 0 fully saturated rings. The largest absolute Gasteiger partial charge is 0.393 e. The maximum atomic E-state index is 8.76. The van der Waals surface area contributed by atoms with Crippen LogP contribution < -0.4 is 5.73 Å². The van der Waals surface area contributed by atoms with Gasteiger partial charge < -0.3 is 5.73 Å². The summed E-state index contributed by atoms with van der Waals surface area (Å²) in [5.74, 6) is 0. The Bertz CT molecular complexity index is 253. The Morgan fingerprint density at radius 2 is 2.29 bits per heavy atom. The third-order valence-electron chi connectivity index (χ3n) is 2.54. The second-order valence-electron chi connectivity index (χ2n) is 3.75. The first-order chi connectivity index (χ1) is 6.77. The van der Waals surface area contributed by atoms with Crippen molar-refractivity contribution in [1.82, 2.24) is 0 Å². The third kappa shape index (κ3) is 3.26. The van der Waals surface area contributed by atoms with E-state index in [1.807, 2.05) is 0 Å². The molecule has 0 bridgehead atoms. The molecule has 3 heteroatoms. The van der Waals surface area contributed by atoms with Crippen molar-refractivity contribution < 1.29 is 0 Å². The second kappa shape index (κ2) is 5.98. The highest BCUT2D eigenvalue weighted by atomic mass is 32.2. The number of allylic oxidation sites excluding steroid dienone is 1. The topological polar surface area (TPSA) is 49.8 Å². The summed E-state index contributed by atoms with van der Waals surface area (Å²) in [5.41, 5.74) is 6.53. The molecule has 14 heavy (non-hydrogen) atoms. The van der Waals surface area contributed by atoms with Crippen molar-refractivity contribution in [2.75, 3.05) is 0 Å². The fourth-order valence-electron chi connectivity index (χ4n) is 1.68. The van der Waals surface area contributed by atoms with Gasteiger partial charge in [0.1, 0.15) is 0 Å². The van der Waals surface area contributed by atoms with Crippen LogP contribution in [0, 0.1) is 11.3 Å². The Labute approximate surface area is 90.5 Å². The van der Waals surface area contributed by atoms with Crippen LogP contribution in [0.5, 0.6) is 0 Å². The summed E-state index contributed by atoms with van der Waals surface area (Å²) in [6.45, 7) is 2.22. The molecule has 2 nitrogen and oxygen atoms in total. The van der Waals surface area contributed by atoms with Crippen molar-refractivity contribution in [3.8, 4) is 6.07 Å². The van der Waals surface area contributed by atoms with Crippen molar-refractivity contribution in [2.24, 2.45) is 5.73 Å². The van der Waals surface area contributed by atoms with Crippen LogP contribution in [-0.2, 0) is 0 Å². The minimum atomic E-state index is 0.571. The van der Waals surface area contributed by atoms with Crippen molar-refractivity contribution in [3.63, 3.8) is 0 Å². The molecule has 0 saturated carbocycles. The van der Waals surface area contributed by atoms with Crippen LogP contribution in [0.25, 0.3) is 0 Å². The summed E-state index contributed by atoms with van der Waals surface area (Å²) in [5, 5.41) is 10.1. The van der Waals surface area contributed by atoms with Gasteiger partial charge in [0, 0.05) is 5.25 Å². The summed E-state index contributed by atoms with van der Waals surface area (Å²) < 4.78 is 0. The third-order valence-corrected chi connectivity index (χ3v) is 3.77. The van der Waals surface area contributed by atoms with Crippen LogP contribution in [0.2, 0.25) is 0 Å². The van der Waals surface area contributed by atoms with Crippen LogP contribution in [0.15, 0.2) is 10.6 Å². The summed E-state index contributed by atoms with van der Waals surface area (Å²) >= 11 is 1.69. The van der Waals surface area contributed by atoms with E-state index in [4.69, 9.17) is 11.0 Å². The van der Waals surface area contributed by atoms with E-state index < -0.39 is 0 Å². The first-order valence-electron chi connectivity index (χ1n) is 5.33. The van der Waals surface area contributed by atoms with Gasteiger partial charge in [-0.15, -0.1) is 11.8 Å². The molecule has 0 radical (unpaired) electrons. The van der Waals surface area contributed by atoms with Gasteiger partial charge in [0.25, 0.3) is 0 Å². The number of rotatable bonds is 5. The molecule has 1 atom stereocenters. The van der Waals surface area contributed by atoms with E-state index in [9.17, 15) is 0 Å². The van der Waals surface area contributed by atoms with Gasteiger partial charge in [-0.05, 0) is 12.8 Å². The van der Waals surface area contributed by atoms with Gasteiger partial charge >= 0.3 is 0 Å². The predicted molar refractivity (Wildman–Crippen MR) is 61.6 cm³/mol. The van der Waals surface area contributed by atoms with Crippen molar-refractivity contribution in [1.29, 1.82) is 5.26 Å². The molecule has 1 aliphatic heterocycles. The number of nitrogens with two attached hydrogens (primary N) is 1. The lowest BCUT2D eigenvalue weighted by Gasteiger charge is -2.07. The lowest BCUT2D eigenvalue weighted by Crippen LogP contribution is -1.98. The molecule has 1 rings (SSSR count). The van der Waals surface area contributed by atoms with E-state index in [2.05, 4.69) is 13.0 Å². The normalized spacial score (nSPS) is 21.3. The quantitative estimate of drug-likeness (QED) is 0.709. The molecule has 0 aliphatic carbocycles. The molecule has 0 aromatic rings. The van der Waals surface area contributed by atoms with E-state index in [1.54, 1.807) is 11.8 Å². The zero-order valence-electron chi connectivity index (χ0n) is 8.75. The predicted octanol–water partition coefficient (Wildman–Crippen LogP) is 3.16. The van der Waals surface area contributed by atoms with E-state index in [0.29, 0.717) is 5.25 Å². The Balaban J connectivity index is 2.17. The standard InChI is InChI=1S/C11H18N2S/c1-2-3-4-5-6-10-7-9(8-12)11(13)14-10/h10H,2-7,13H2,1H3. The van der Waals surface area contributed by atoms with E-state index in [-0.39, 0.29) is 0 Å². The van der Waals surface area contributed by atoms with E-state index in [1.165, 1.54) is 32.1 Å². The maximum Gasteiger partial charge on any atom is 0.0974 e. The Morgan fingerprint density at radius 3 is 2.86 bits per heavy atom. The molecule has 1 heterocycles. The molecule has 1 unspecified atom stereocenters. The zero-order valence-corrected chi connectivity index (χ0v) is 9.57. The van der Waals surface area contributed by atoms with Crippen LogP contribution in [-0.4, -0.2) is 5.25 Å². The fourth-order valence-corrected chi connectivity index (χ4v) is 2.85. The van der Waals surface area contributed by atoms with Crippen LogP contribution in [0.1, 0.15) is 45.4 Å². The molecule has 0 aromatic carbocycles. The molecule has 78 valence electrons. The number of unbranched alkanes of at least 4 members (excludes halogenated alkanes) is 3. The van der Waals surface area contributed by atoms with Gasteiger partial charge in [-0.2, -0.15) is 5.26 Å². The van der Waals surface area contributed by atoms with Crippen LogP contribution in [0.4, 0.5) is 0 Å². The molecule has 0 aromatic heterocycles. The van der Waals surface area contributed by atoms with E-state index in [0.717, 1.165) is 17.0 Å².